The molecule has 19 heavy (non-hydrogen) atoms. The van der Waals surface area contributed by atoms with Crippen LogP contribution in [0.25, 0.3) is 0 Å². The van der Waals surface area contributed by atoms with E-state index in [-0.39, 0.29) is 0 Å². The summed E-state index contributed by atoms with van der Waals surface area (Å²) in [7, 11) is -2.50. The average Bonchev–Trinajstić information content (AvgIpc) is 2.94. The van der Waals surface area contributed by atoms with Gasteiger partial charge in [-0.3, -0.25) is 4.79 Å². The minimum atomic E-state index is -3.71. The van der Waals surface area contributed by atoms with Crippen LogP contribution in [0.5, 0.6) is 0 Å². The number of esters is 1. The standard InChI is InChI=1S/C13H17NO4S/c1-18-13(15)12(11-7-3-2-4-8-11)19(16,17)14-9-5-6-10-14/h2-4,7-8,12H,5-6,9-10H2,1H3. The Balaban J connectivity index is 2.41. The molecule has 1 aliphatic rings. The second-order valence-corrected chi connectivity index (χ2v) is 6.48. The van der Waals surface area contributed by atoms with Gasteiger partial charge in [0, 0.05) is 13.1 Å². The summed E-state index contributed by atoms with van der Waals surface area (Å²) in [5.74, 6) is -0.738. The Bertz CT molecular complexity index is 535. The summed E-state index contributed by atoms with van der Waals surface area (Å²) in [6.45, 7) is 0.950. The van der Waals surface area contributed by atoms with Crippen molar-refractivity contribution in [1.82, 2.24) is 4.31 Å². The minimum absolute atomic E-state index is 0.446. The van der Waals surface area contributed by atoms with Crippen LogP contribution in [0, 0.1) is 0 Å². The molecule has 0 radical (unpaired) electrons. The number of hydrogen-bond donors (Lipinski definition) is 0. The van der Waals surface area contributed by atoms with Crippen molar-refractivity contribution in [3.63, 3.8) is 0 Å². The predicted octanol–water partition coefficient (Wildman–Crippen LogP) is 1.33. The Kier molecular flexibility index (Phi) is 4.21. The molecule has 1 saturated heterocycles. The highest BCUT2D eigenvalue weighted by Gasteiger charge is 2.40. The highest BCUT2D eigenvalue weighted by Crippen LogP contribution is 2.29. The van der Waals surface area contributed by atoms with E-state index in [0.717, 1.165) is 12.8 Å². The smallest absolute Gasteiger partial charge is 0.330 e. The van der Waals surface area contributed by atoms with E-state index >= 15 is 0 Å². The van der Waals surface area contributed by atoms with Gasteiger partial charge in [-0.25, -0.2) is 12.7 Å². The van der Waals surface area contributed by atoms with E-state index in [1.807, 2.05) is 0 Å². The van der Waals surface area contributed by atoms with E-state index in [0.29, 0.717) is 18.7 Å². The maximum atomic E-state index is 12.6. The predicted molar refractivity (Wildman–Crippen MR) is 70.9 cm³/mol. The van der Waals surface area contributed by atoms with Gasteiger partial charge in [0.05, 0.1) is 7.11 Å². The van der Waals surface area contributed by atoms with Crippen LogP contribution in [0.1, 0.15) is 23.7 Å². The van der Waals surface area contributed by atoms with E-state index in [1.54, 1.807) is 30.3 Å². The number of nitrogens with zero attached hydrogens (tertiary/aromatic N) is 1. The Hall–Kier alpha value is -1.40. The largest absolute Gasteiger partial charge is 0.468 e. The van der Waals surface area contributed by atoms with Gasteiger partial charge in [-0.1, -0.05) is 30.3 Å². The average molecular weight is 283 g/mol. The molecule has 1 aromatic carbocycles. The lowest BCUT2D eigenvalue weighted by atomic mass is 10.1. The summed E-state index contributed by atoms with van der Waals surface area (Å²) in [6.07, 6.45) is 1.67. The van der Waals surface area contributed by atoms with E-state index < -0.39 is 21.2 Å². The highest BCUT2D eigenvalue weighted by molar-refractivity contribution is 7.90. The van der Waals surface area contributed by atoms with Crippen molar-refractivity contribution < 1.29 is 17.9 Å². The highest BCUT2D eigenvalue weighted by atomic mass is 32.2. The number of ether oxygens (including phenoxy) is 1. The second-order valence-electron chi connectivity index (χ2n) is 4.46. The molecule has 1 fully saturated rings. The third kappa shape index (κ3) is 2.79. The summed E-state index contributed by atoms with van der Waals surface area (Å²) in [5, 5.41) is -1.27. The minimum Gasteiger partial charge on any atom is -0.468 e. The van der Waals surface area contributed by atoms with Crippen molar-refractivity contribution in [3.8, 4) is 0 Å². The van der Waals surface area contributed by atoms with Crippen LogP contribution in [0.4, 0.5) is 0 Å². The van der Waals surface area contributed by atoms with Crippen molar-refractivity contribution in [2.45, 2.75) is 18.1 Å². The van der Waals surface area contributed by atoms with Gasteiger partial charge in [0.15, 0.2) is 5.25 Å². The van der Waals surface area contributed by atoms with E-state index in [4.69, 9.17) is 0 Å². The molecule has 0 saturated carbocycles. The molecule has 0 spiro atoms. The van der Waals surface area contributed by atoms with Gasteiger partial charge in [-0.2, -0.15) is 0 Å². The van der Waals surface area contributed by atoms with E-state index in [1.165, 1.54) is 11.4 Å². The van der Waals surface area contributed by atoms with Gasteiger partial charge in [-0.05, 0) is 18.4 Å². The number of carbonyl (C=O) groups is 1. The molecule has 0 bridgehead atoms. The first-order chi connectivity index (χ1) is 9.07. The molecule has 1 aliphatic heterocycles. The van der Waals surface area contributed by atoms with Crippen molar-refractivity contribution in [3.05, 3.63) is 35.9 Å². The Morgan fingerprint density at radius 2 is 1.79 bits per heavy atom. The molecular weight excluding hydrogens is 266 g/mol. The number of hydrogen-bond acceptors (Lipinski definition) is 4. The van der Waals surface area contributed by atoms with Crippen LogP contribution in [-0.4, -0.2) is 38.9 Å². The van der Waals surface area contributed by atoms with Crippen molar-refractivity contribution >= 4 is 16.0 Å². The molecule has 1 aromatic rings. The molecular formula is C13H17NO4S. The maximum Gasteiger partial charge on any atom is 0.330 e. The first-order valence-corrected chi connectivity index (χ1v) is 7.69. The van der Waals surface area contributed by atoms with Crippen molar-refractivity contribution in [2.24, 2.45) is 0 Å². The van der Waals surface area contributed by atoms with Gasteiger partial charge in [0.1, 0.15) is 0 Å². The molecule has 0 aliphatic carbocycles. The van der Waals surface area contributed by atoms with Crippen LogP contribution in [0.3, 0.4) is 0 Å². The van der Waals surface area contributed by atoms with Gasteiger partial charge >= 0.3 is 5.97 Å². The van der Waals surface area contributed by atoms with Crippen LogP contribution < -0.4 is 0 Å². The number of rotatable bonds is 4. The first kappa shape index (κ1) is 14.0. The lowest BCUT2D eigenvalue weighted by molar-refractivity contribution is -0.140. The quantitative estimate of drug-likeness (QED) is 0.782. The first-order valence-electron chi connectivity index (χ1n) is 6.19. The number of benzene rings is 1. The summed E-state index contributed by atoms with van der Waals surface area (Å²) in [5.41, 5.74) is 0.446. The zero-order chi connectivity index (χ0) is 13.9. The Morgan fingerprint density at radius 3 is 2.32 bits per heavy atom. The van der Waals surface area contributed by atoms with Crippen molar-refractivity contribution in [2.75, 3.05) is 20.2 Å². The topological polar surface area (TPSA) is 63.7 Å². The molecule has 6 heteroatoms. The normalized spacial score (nSPS) is 18.2. The molecule has 5 nitrogen and oxygen atoms in total. The molecule has 0 aromatic heterocycles. The summed E-state index contributed by atoms with van der Waals surface area (Å²) < 4.78 is 31.2. The van der Waals surface area contributed by atoms with E-state index in [9.17, 15) is 13.2 Å². The van der Waals surface area contributed by atoms with Gasteiger partial charge in [0.2, 0.25) is 10.0 Å². The summed E-state index contributed by atoms with van der Waals surface area (Å²) in [4.78, 5) is 11.9. The zero-order valence-electron chi connectivity index (χ0n) is 10.8. The summed E-state index contributed by atoms with van der Waals surface area (Å²) >= 11 is 0. The van der Waals surface area contributed by atoms with Gasteiger partial charge in [0.25, 0.3) is 0 Å². The Labute approximate surface area is 113 Å². The maximum absolute atomic E-state index is 12.6. The lowest BCUT2D eigenvalue weighted by Crippen LogP contribution is -2.36. The fraction of sp³-hybridized carbons (Fsp3) is 0.462. The van der Waals surface area contributed by atoms with Crippen LogP contribution in [-0.2, 0) is 19.6 Å². The SMILES string of the molecule is COC(=O)C(c1ccccc1)S(=O)(=O)N1CCCC1. The number of sulfonamides is 1. The Morgan fingerprint density at radius 1 is 1.21 bits per heavy atom. The van der Waals surface area contributed by atoms with Gasteiger partial charge < -0.3 is 4.74 Å². The summed E-state index contributed by atoms with van der Waals surface area (Å²) in [6, 6.07) is 8.47. The molecule has 1 unspecified atom stereocenters. The number of carbonyl (C=O) groups excluding carboxylic acids is 1. The van der Waals surface area contributed by atoms with Crippen LogP contribution in [0.2, 0.25) is 0 Å². The monoisotopic (exact) mass is 283 g/mol. The second kappa shape index (κ2) is 5.71. The molecule has 104 valence electrons. The van der Waals surface area contributed by atoms with Crippen LogP contribution >= 0.6 is 0 Å². The van der Waals surface area contributed by atoms with Crippen LogP contribution in [0.15, 0.2) is 30.3 Å². The van der Waals surface area contributed by atoms with Crippen molar-refractivity contribution in [1.29, 1.82) is 0 Å². The fourth-order valence-electron chi connectivity index (χ4n) is 2.26. The zero-order valence-corrected chi connectivity index (χ0v) is 11.6. The molecule has 1 heterocycles. The lowest BCUT2D eigenvalue weighted by Gasteiger charge is -2.22. The van der Waals surface area contributed by atoms with E-state index in [2.05, 4.69) is 4.74 Å². The molecule has 1 atom stereocenters. The number of methoxy groups -OCH3 is 1. The molecule has 2 rings (SSSR count). The third-order valence-corrected chi connectivity index (χ3v) is 5.39. The van der Waals surface area contributed by atoms with Gasteiger partial charge in [-0.15, -0.1) is 0 Å². The molecule has 0 amide bonds. The third-order valence-electron chi connectivity index (χ3n) is 3.24. The molecule has 0 N–H and O–H groups in total. The fourth-order valence-corrected chi connectivity index (χ4v) is 4.16.